The summed E-state index contributed by atoms with van der Waals surface area (Å²) in [5.74, 6) is -2.20. The van der Waals surface area contributed by atoms with Crippen LogP contribution in [0.1, 0.15) is 13.3 Å². The van der Waals surface area contributed by atoms with Crippen LogP contribution in [-0.4, -0.2) is 60.3 Å². The average Bonchev–Trinajstić information content (AvgIpc) is 2.78. The molecular weight excluding hydrogens is 254 g/mol. The van der Waals surface area contributed by atoms with E-state index in [1.54, 1.807) is 6.92 Å². The Bertz CT molecular complexity index is 360. The minimum absolute atomic E-state index is 0.0484. The monoisotopic (exact) mass is 273 g/mol. The predicted octanol–water partition coefficient (Wildman–Crippen LogP) is -1.01. The highest BCUT2D eigenvalue weighted by Gasteiger charge is 2.39. The number of urea groups is 1. The molecule has 8 heteroatoms. The van der Waals surface area contributed by atoms with Gasteiger partial charge < -0.3 is 25.8 Å². The second-order valence-electron chi connectivity index (χ2n) is 4.28. The highest BCUT2D eigenvalue weighted by Crippen LogP contribution is 2.20. The number of carboxylic acids is 1. The molecular formula is C11H19N3O5. The van der Waals surface area contributed by atoms with Crippen LogP contribution >= 0.6 is 0 Å². The van der Waals surface area contributed by atoms with E-state index < -0.39 is 29.9 Å². The number of hydrogen-bond acceptors (Lipinski definition) is 4. The lowest BCUT2D eigenvalue weighted by Gasteiger charge is -2.29. The number of carbonyl (C=O) groups is 3. The van der Waals surface area contributed by atoms with Gasteiger partial charge in [-0.05, 0) is 6.92 Å². The van der Waals surface area contributed by atoms with Crippen LogP contribution in [-0.2, 0) is 14.3 Å². The lowest BCUT2D eigenvalue weighted by atomic mass is 10.0. The first-order valence-electron chi connectivity index (χ1n) is 6.10. The van der Waals surface area contributed by atoms with Crippen molar-refractivity contribution in [1.29, 1.82) is 0 Å². The molecule has 1 rings (SSSR count). The van der Waals surface area contributed by atoms with Gasteiger partial charge in [-0.15, -0.1) is 0 Å². The molecule has 8 nitrogen and oxygen atoms in total. The molecule has 0 spiro atoms. The maximum absolute atomic E-state index is 11.9. The predicted molar refractivity (Wildman–Crippen MR) is 65.3 cm³/mol. The summed E-state index contributed by atoms with van der Waals surface area (Å²) in [5.41, 5.74) is 4.97. The Balaban J connectivity index is 2.58. The molecule has 0 aromatic rings. The number of likely N-dealkylation sites (N-methyl/N-ethyl adjacent to an activating group) is 1. The number of ether oxygens (including phenoxy) is 1. The number of nitrogens with one attached hydrogen (secondary N) is 1. The van der Waals surface area contributed by atoms with Crippen LogP contribution in [0.4, 0.5) is 4.79 Å². The van der Waals surface area contributed by atoms with Crippen molar-refractivity contribution in [1.82, 2.24) is 10.2 Å². The van der Waals surface area contributed by atoms with E-state index in [2.05, 4.69) is 5.32 Å². The first-order valence-corrected chi connectivity index (χ1v) is 6.10. The summed E-state index contributed by atoms with van der Waals surface area (Å²) in [6.07, 6.45) is 0.0484. The molecule has 1 fully saturated rings. The van der Waals surface area contributed by atoms with Gasteiger partial charge in [-0.2, -0.15) is 0 Å². The number of carbonyl (C=O) groups excluding carboxylic acids is 2. The van der Waals surface area contributed by atoms with E-state index in [1.165, 1.54) is 4.90 Å². The van der Waals surface area contributed by atoms with Crippen molar-refractivity contribution in [3.63, 3.8) is 0 Å². The molecule has 0 bridgehead atoms. The maximum atomic E-state index is 11.9. The number of aliphatic carboxylic acids is 1. The fraction of sp³-hybridized carbons (Fsp3) is 0.727. The van der Waals surface area contributed by atoms with Gasteiger partial charge in [-0.25, -0.2) is 4.79 Å². The van der Waals surface area contributed by atoms with Crippen LogP contribution < -0.4 is 11.1 Å². The van der Waals surface area contributed by atoms with E-state index in [-0.39, 0.29) is 26.2 Å². The Morgan fingerprint density at radius 1 is 1.42 bits per heavy atom. The Morgan fingerprint density at radius 2 is 2.11 bits per heavy atom. The normalized spacial score (nSPS) is 21.9. The molecule has 4 N–H and O–H groups in total. The van der Waals surface area contributed by atoms with Crippen LogP contribution in [0, 0.1) is 5.92 Å². The molecule has 0 aliphatic carbocycles. The van der Waals surface area contributed by atoms with Gasteiger partial charge in [0.1, 0.15) is 5.92 Å². The van der Waals surface area contributed by atoms with E-state index in [1.807, 2.05) is 0 Å². The Hall–Kier alpha value is -1.83. The topological polar surface area (TPSA) is 122 Å². The van der Waals surface area contributed by atoms with Crippen LogP contribution in [0.2, 0.25) is 0 Å². The molecule has 1 heterocycles. The summed E-state index contributed by atoms with van der Waals surface area (Å²) in [6.45, 7) is 2.56. The van der Waals surface area contributed by atoms with Crippen molar-refractivity contribution in [2.24, 2.45) is 11.7 Å². The molecule has 2 unspecified atom stereocenters. The highest BCUT2D eigenvalue weighted by molar-refractivity contribution is 5.78. The van der Waals surface area contributed by atoms with Gasteiger partial charge in [0.15, 0.2) is 0 Å². The standard InChI is InChI=1S/C11H19N3O5/c1-2-14(11(18)13-4-3-9(12)15)8-6-19-5-7(8)10(16)17/h7-8H,2-6H2,1H3,(H2,12,15)(H,13,18)(H,16,17). The van der Waals surface area contributed by atoms with Crippen LogP contribution in [0.15, 0.2) is 0 Å². The van der Waals surface area contributed by atoms with E-state index in [0.29, 0.717) is 6.54 Å². The smallest absolute Gasteiger partial charge is 0.317 e. The zero-order chi connectivity index (χ0) is 14.4. The number of amides is 3. The van der Waals surface area contributed by atoms with Gasteiger partial charge >= 0.3 is 12.0 Å². The average molecular weight is 273 g/mol. The lowest BCUT2D eigenvalue weighted by Crippen LogP contribution is -2.50. The maximum Gasteiger partial charge on any atom is 0.317 e. The van der Waals surface area contributed by atoms with E-state index in [4.69, 9.17) is 15.6 Å². The fourth-order valence-corrected chi connectivity index (χ4v) is 2.01. The van der Waals surface area contributed by atoms with Crippen molar-refractivity contribution in [3.05, 3.63) is 0 Å². The third-order valence-electron chi connectivity index (χ3n) is 3.02. The van der Waals surface area contributed by atoms with Gasteiger partial charge in [0, 0.05) is 19.5 Å². The van der Waals surface area contributed by atoms with Gasteiger partial charge in [0.2, 0.25) is 5.91 Å². The van der Waals surface area contributed by atoms with Gasteiger partial charge in [0.05, 0.1) is 19.3 Å². The molecule has 0 saturated carbocycles. The van der Waals surface area contributed by atoms with Gasteiger partial charge in [0.25, 0.3) is 0 Å². The molecule has 3 amide bonds. The fourth-order valence-electron chi connectivity index (χ4n) is 2.01. The van der Waals surface area contributed by atoms with Crippen molar-refractivity contribution in [2.45, 2.75) is 19.4 Å². The minimum atomic E-state index is -0.981. The number of nitrogens with zero attached hydrogens (tertiary/aromatic N) is 1. The number of hydrogen-bond donors (Lipinski definition) is 3. The number of rotatable bonds is 6. The SMILES string of the molecule is CCN(C(=O)NCCC(N)=O)C1COCC1C(=O)O. The summed E-state index contributed by atoms with van der Waals surface area (Å²) in [7, 11) is 0. The second kappa shape index (κ2) is 6.93. The summed E-state index contributed by atoms with van der Waals surface area (Å²) >= 11 is 0. The van der Waals surface area contributed by atoms with Crippen molar-refractivity contribution >= 4 is 17.9 Å². The summed E-state index contributed by atoms with van der Waals surface area (Å²) in [6, 6.07) is -0.901. The second-order valence-corrected chi connectivity index (χ2v) is 4.28. The quantitative estimate of drug-likeness (QED) is 0.572. The molecule has 1 saturated heterocycles. The third-order valence-corrected chi connectivity index (χ3v) is 3.02. The van der Waals surface area contributed by atoms with E-state index in [0.717, 1.165) is 0 Å². The third kappa shape index (κ3) is 4.09. The zero-order valence-electron chi connectivity index (χ0n) is 10.8. The van der Waals surface area contributed by atoms with E-state index in [9.17, 15) is 14.4 Å². The largest absolute Gasteiger partial charge is 0.481 e. The highest BCUT2D eigenvalue weighted by atomic mass is 16.5. The first kappa shape index (κ1) is 15.2. The van der Waals surface area contributed by atoms with Gasteiger partial charge in [-0.1, -0.05) is 0 Å². The minimum Gasteiger partial charge on any atom is -0.481 e. The number of carboxylic acid groups (broad SMARTS) is 1. The first-order chi connectivity index (χ1) is 8.97. The molecule has 0 aromatic heterocycles. The lowest BCUT2D eigenvalue weighted by molar-refractivity contribution is -0.142. The Morgan fingerprint density at radius 3 is 2.63 bits per heavy atom. The van der Waals surface area contributed by atoms with Crippen molar-refractivity contribution in [2.75, 3.05) is 26.3 Å². The summed E-state index contributed by atoms with van der Waals surface area (Å²) in [4.78, 5) is 35.0. The molecule has 2 atom stereocenters. The molecule has 0 radical (unpaired) electrons. The molecule has 19 heavy (non-hydrogen) atoms. The van der Waals surface area contributed by atoms with Crippen molar-refractivity contribution < 1.29 is 24.2 Å². The van der Waals surface area contributed by atoms with Crippen LogP contribution in [0.3, 0.4) is 0 Å². The summed E-state index contributed by atoms with van der Waals surface area (Å²) in [5, 5.41) is 11.6. The summed E-state index contributed by atoms with van der Waals surface area (Å²) < 4.78 is 5.13. The van der Waals surface area contributed by atoms with Crippen molar-refractivity contribution in [3.8, 4) is 0 Å². The molecule has 0 aromatic carbocycles. The number of nitrogens with two attached hydrogens (primary N) is 1. The number of primary amides is 1. The Labute approximate surface area is 110 Å². The van der Waals surface area contributed by atoms with Crippen LogP contribution in [0.5, 0.6) is 0 Å². The zero-order valence-corrected chi connectivity index (χ0v) is 10.8. The van der Waals surface area contributed by atoms with Crippen LogP contribution in [0.25, 0.3) is 0 Å². The van der Waals surface area contributed by atoms with Gasteiger partial charge in [-0.3, -0.25) is 9.59 Å². The molecule has 1 aliphatic rings. The Kier molecular flexibility index (Phi) is 5.56. The molecule has 1 aliphatic heterocycles. The van der Waals surface area contributed by atoms with E-state index >= 15 is 0 Å². The molecule has 108 valence electrons.